The summed E-state index contributed by atoms with van der Waals surface area (Å²) in [6, 6.07) is 4.91. The summed E-state index contributed by atoms with van der Waals surface area (Å²) < 4.78 is 15.7. The van der Waals surface area contributed by atoms with Crippen LogP contribution in [0.5, 0.6) is 5.88 Å². The number of hydrogen-bond donors (Lipinski definition) is 1. The molecule has 0 bridgehead atoms. The molecule has 9 nitrogen and oxygen atoms in total. The van der Waals surface area contributed by atoms with Gasteiger partial charge in [0.1, 0.15) is 0 Å². The van der Waals surface area contributed by atoms with Crippen LogP contribution in [0.4, 0.5) is 0 Å². The number of esters is 2. The van der Waals surface area contributed by atoms with Gasteiger partial charge in [0.2, 0.25) is 5.88 Å². The third kappa shape index (κ3) is 18.3. The lowest BCUT2D eigenvalue weighted by Gasteiger charge is -2.03. The van der Waals surface area contributed by atoms with Gasteiger partial charge in [-0.2, -0.15) is 0 Å². The van der Waals surface area contributed by atoms with Crippen LogP contribution in [0, 0.1) is 0 Å². The quantitative estimate of drug-likeness (QED) is 0.294. The summed E-state index contributed by atoms with van der Waals surface area (Å²) in [5.41, 5.74) is 0. The number of pyridine rings is 1. The first-order valence-corrected chi connectivity index (χ1v) is 11.3. The van der Waals surface area contributed by atoms with Crippen LogP contribution >= 0.6 is 0 Å². The van der Waals surface area contributed by atoms with E-state index in [0.717, 1.165) is 38.2 Å². The first-order chi connectivity index (χ1) is 16.5. The summed E-state index contributed by atoms with van der Waals surface area (Å²) >= 11 is 0. The van der Waals surface area contributed by atoms with Gasteiger partial charge in [-0.1, -0.05) is 32.3 Å². The van der Waals surface area contributed by atoms with Crippen LogP contribution in [0.25, 0.3) is 6.20 Å². The van der Waals surface area contributed by atoms with E-state index in [9.17, 15) is 14.7 Å². The van der Waals surface area contributed by atoms with Crippen LogP contribution in [0.3, 0.4) is 0 Å². The Morgan fingerprint density at radius 3 is 2.35 bits per heavy atom. The zero-order chi connectivity index (χ0) is 25.4. The van der Waals surface area contributed by atoms with E-state index in [1.54, 1.807) is 30.7 Å². The minimum Gasteiger partial charge on any atom is -0.466 e. The first kappa shape index (κ1) is 30.7. The normalized spacial score (nSPS) is 11.2. The highest BCUT2D eigenvalue weighted by atomic mass is 16.5. The molecule has 0 aromatic carbocycles. The fourth-order valence-electron chi connectivity index (χ4n) is 2.21. The van der Waals surface area contributed by atoms with Crippen LogP contribution in [0.15, 0.2) is 61.3 Å². The predicted molar refractivity (Wildman–Crippen MR) is 131 cm³/mol. The molecule has 0 amide bonds. The molecule has 0 spiro atoms. The van der Waals surface area contributed by atoms with Crippen LogP contribution in [-0.4, -0.2) is 58.0 Å². The molecule has 34 heavy (non-hydrogen) atoms. The van der Waals surface area contributed by atoms with E-state index in [1.165, 1.54) is 32.2 Å². The molecule has 0 fully saturated rings. The van der Waals surface area contributed by atoms with Crippen molar-refractivity contribution in [2.45, 2.75) is 52.6 Å². The summed E-state index contributed by atoms with van der Waals surface area (Å²) in [5, 5.41) is 9.55. The number of aliphatic hydroxyl groups is 1. The summed E-state index contributed by atoms with van der Waals surface area (Å²) in [4.78, 5) is 29.4. The van der Waals surface area contributed by atoms with E-state index in [0.29, 0.717) is 0 Å². The first-order valence-electron chi connectivity index (χ1n) is 11.3. The summed E-state index contributed by atoms with van der Waals surface area (Å²) in [6.07, 6.45) is 16.3. The van der Waals surface area contributed by atoms with Crippen molar-refractivity contribution in [2.75, 3.05) is 20.3 Å². The molecule has 2 heterocycles. The van der Waals surface area contributed by atoms with Crippen molar-refractivity contribution in [3.8, 4) is 5.88 Å². The van der Waals surface area contributed by atoms with E-state index < -0.39 is 11.9 Å². The SMILES string of the molecule is CCCCCC(O)/C=C/n1ccnc1.CCOCC.COC(=O)/C=C/C(=O)Oc1ccccn1. The van der Waals surface area contributed by atoms with E-state index in [1.807, 2.05) is 30.8 Å². The molecule has 0 saturated carbocycles. The number of aromatic nitrogens is 3. The van der Waals surface area contributed by atoms with Gasteiger partial charge in [-0.3, -0.25) is 0 Å². The predicted octanol–water partition coefficient (Wildman–Crippen LogP) is 4.05. The third-order valence-corrected chi connectivity index (χ3v) is 3.92. The number of rotatable bonds is 11. The standard InChI is InChI=1S/C11H18N2O.C10H9NO4.C4H10O/c1-2-3-4-5-11(14)6-8-13-9-7-12-10-13;1-14-9(12)5-6-10(13)15-8-4-2-3-7-11-8;1-3-5-4-2/h6-11,14H,2-5H2,1H3;2-7H,1H3;3-4H2,1-2H3/b8-6+;6-5+;. The molecule has 1 unspecified atom stereocenters. The molecule has 2 rings (SSSR count). The average Bonchev–Trinajstić information content (AvgIpc) is 3.37. The summed E-state index contributed by atoms with van der Waals surface area (Å²) in [6.45, 7) is 7.83. The number of carbonyl (C=O) groups is 2. The molecule has 0 aliphatic carbocycles. The van der Waals surface area contributed by atoms with Gasteiger partial charge in [-0.05, 0) is 32.4 Å². The molecular formula is C25H37N3O6. The Hall–Kier alpha value is -3.30. The van der Waals surface area contributed by atoms with Crippen LogP contribution < -0.4 is 4.74 Å². The van der Waals surface area contributed by atoms with Gasteiger partial charge < -0.3 is 23.9 Å². The van der Waals surface area contributed by atoms with Gasteiger partial charge in [0.05, 0.1) is 19.5 Å². The highest BCUT2D eigenvalue weighted by molar-refractivity contribution is 5.92. The lowest BCUT2D eigenvalue weighted by molar-refractivity contribution is -0.135. The molecular weight excluding hydrogens is 438 g/mol. The Morgan fingerprint density at radius 1 is 1.09 bits per heavy atom. The fraction of sp³-hybridized carbons (Fsp3) is 0.440. The van der Waals surface area contributed by atoms with E-state index in [2.05, 4.69) is 21.6 Å². The highest BCUT2D eigenvalue weighted by Gasteiger charge is 2.01. The molecule has 2 aromatic heterocycles. The van der Waals surface area contributed by atoms with Crippen molar-refractivity contribution in [3.05, 3.63) is 61.3 Å². The van der Waals surface area contributed by atoms with Gasteiger partial charge in [0.25, 0.3) is 0 Å². The zero-order valence-corrected chi connectivity index (χ0v) is 20.5. The molecule has 1 N–H and O–H groups in total. The van der Waals surface area contributed by atoms with Gasteiger partial charge in [-0.15, -0.1) is 0 Å². The summed E-state index contributed by atoms with van der Waals surface area (Å²) in [7, 11) is 1.22. The molecule has 9 heteroatoms. The largest absolute Gasteiger partial charge is 0.466 e. The van der Waals surface area contributed by atoms with E-state index in [-0.39, 0.29) is 12.0 Å². The maximum absolute atomic E-state index is 11.1. The second kappa shape index (κ2) is 21.5. The van der Waals surface area contributed by atoms with Crippen molar-refractivity contribution in [1.82, 2.24) is 14.5 Å². The number of ether oxygens (including phenoxy) is 3. The number of unbranched alkanes of at least 4 members (excludes halogenated alkanes) is 2. The molecule has 0 saturated heterocycles. The van der Waals surface area contributed by atoms with Crippen molar-refractivity contribution >= 4 is 18.1 Å². The Balaban J connectivity index is 0.000000537. The fourth-order valence-corrected chi connectivity index (χ4v) is 2.21. The minimum absolute atomic E-state index is 0.178. The van der Waals surface area contributed by atoms with Crippen molar-refractivity contribution in [3.63, 3.8) is 0 Å². The van der Waals surface area contributed by atoms with Gasteiger partial charge in [0.15, 0.2) is 0 Å². The Labute approximate surface area is 202 Å². The van der Waals surface area contributed by atoms with Gasteiger partial charge >= 0.3 is 11.9 Å². The lowest BCUT2D eigenvalue weighted by atomic mass is 10.1. The third-order valence-electron chi connectivity index (χ3n) is 3.92. The Bertz CT molecular complexity index is 805. The Morgan fingerprint density at radius 2 is 1.82 bits per heavy atom. The van der Waals surface area contributed by atoms with Crippen LogP contribution in [0.1, 0.15) is 46.5 Å². The maximum Gasteiger partial charge on any atom is 0.337 e. The van der Waals surface area contributed by atoms with E-state index in [4.69, 9.17) is 9.47 Å². The van der Waals surface area contributed by atoms with Crippen molar-refractivity contribution in [2.24, 2.45) is 0 Å². The highest BCUT2D eigenvalue weighted by Crippen LogP contribution is 2.05. The monoisotopic (exact) mass is 475 g/mol. The van der Waals surface area contributed by atoms with E-state index >= 15 is 0 Å². The van der Waals surface area contributed by atoms with Crippen molar-refractivity contribution < 1.29 is 28.9 Å². The molecule has 188 valence electrons. The number of aliphatic hydroxyl groups excluding tert-OH is 1. The molecule has 2 aromatic rings. The molecule has 1 atom stereocenters. The summed E-state index contributed by atoms with van der Waals surface area (Å²) in [5.74, 6) is -1.12. The number of imidazole rings is 1. The smallest absolute Gasteiger partial charge is 0.337 e. The van der Waals surface area contributed by atoms with Gasteiger partial charge in [-0.25, -0.2) is 19.6 Å². The topological polar surface area (TPSA) is 113 Å². The van der Waals surface area contributed by atoms with Crippen LogP contribution in [0.2, 0.25) is 0 Å². The second-order valence-corrected chi connectivity index (χ2v) is 6.64. The number of methoxy groups -OCH3 is 1. The average molecular weight is 476 g/mol. The second-order valence-electron chi connectivity index (χ2n) is 6.64. The number of nitrogens with zero attached hydrogens (tertiary/aromatic N) is 3. The maximum atomic E-state index is 11.1. The van der Waals surface area contributed by atoms with Gasteiger partial charge in [0, 0.05) is 56.2 Å². The van der Waals surface area contributed by atoms with Crippen molar-refractivity contribution in [1.29, 1.82) is 0 Å². The van der Waals surface area contributed by atoms with Crippen LogP contribution in [-0.2, 0) is 19.1 Å². The molecule has 0 aliphatic heterocycles. The number of hydrogen-bond acceptors (Lipinski definition) is 8. The lowest BCUT2D eigenvalue weighted by Crippen LogP contribution is -2.06. The molecule has 0 radical (unpaired) electrons. The minimum atomic E-state index is -0.681. The molecule has 0 aliphatic rings. The Kier molecular flexibility index (Phi) is 19.5. The zero-order valence-electron chi connectivity index (χ0n) is 20.5. The number of carbonyl (C=O) groups excluding carboxylic acids is 2.